The standard InChI is InChI=1S/C13H21NO/c1-10(2)14-11(3)13(15-4)12-8-6-5-7-9-12/h5-11,13-14H,1-4H3/t11-,13+/m1/s1. The lowest BCUT2D eigenvalue weighted by atomic mass is 10.0. The van der Waals surface area contributed by atoms with Crippen molar-refractivity contribution >= 4 is 0 Å². The summed E-state index contributed by atoms with van der Waals surface area (Å²) in [5, 5.41) is 3.47. The Morgan fingerprint density at radius 2 is 1.67 bits per heavy atom. The van der Waals surface area contributed by atoms with Gasteiger partial charge in [-0.15, -0.1) is 0 Å². The van der Waals surface area contributed by atoms with Gasteiger partial charge in [0.25, 0.3) is 0 Å². The fourth-order valence-electron chi connectivity index (χ4n) is 1.88. The lowest BCUT2D eigenvalue weighted by Gasteiger charge is -2.26. The molecular formula is C13H21NO. The fourth-order valence-corrected chi connectivity index (χ4v) is 1.88. The van der Waals surface area contributed by atoms with Gasteiger partial charge < -0.3 is 10.1 Å². The number of methoxy groups -OCH3 is 1. The first-order valence-electron chi connectivity index (χ1n) is 5.49. The maximum absolute atomic E-state index is 5.54. The molecule has 15 heavy (non-hydrogen) atoms. The number of ether oxygens (including phenoxy) is 1. The SMILES string of the molecule is CO[C@H](c1ccccc1)[C@@H](C)NC(C)C. The molecule has 1 rings (SSSR count). The van der Waals surface area contributed by atoms with E-state index < -0.39 is 0 Å². The van der Waals surface area contributed by atoms with Gasteiger partial charge in [-0.1, -0.05) is 44.2 Å². The van der Waals surface area contributed by atoms with Crippen LogP contribution in [0.5, 0.6) is 0 Å². The summed E-state index contributed by atoms with van der Waals surface area (Å²) in [5.41, 5.74) is 1.22. The van der Waals surface area contributed by atoms with Crippen LogP contribution in [0.25, 0.3) is 0 Å². The molecule has 0 aliphatic rings. The highest BCUT2D eigenvalue weighted by molar-refractivity contribution is 5.19. The third-order valence-corrected chi connectivity index (χ3v) is 2.43. The molecule has 0 heterocycles. The minimum atomic E-state index is 0.119. The monoisotopic (exact) mass is 207 g/mol. The normalized spacial score (nSPS) is 15.3. The predicted octanol–water partition coefficient (Wildman–Crippen LogP) is 2.76. The van der Waals surface area contributed by atoms with Crippen molar-refractivity contribution in [1.82, 2.24) is 5.32 Å². The van der Waals surface area contributed by atoms with E-state index >= 15 is 0 Å². The van der Waals surface area contributed by atoms with Gasteiger partial charge in [-0.3, -0.25) is 0 Å². The summed E-state index contributed by atoms with van der Waals surface area (Å²) in [7, 11) is 1.76. The average molecular weight is 207 g/mol. The van der Waals surface area contributed by atoms with Crippen molar-refractivity contribution in [2.75, 3.05) is 7.11 Å². The molecule has 1 aromatic rings. The molecule has 0 saturated heterocycles. The highest BCUT2D eigenvalue weighted by Gasteiger charge is 2.18. The molecule has 0 unspecified atom stereocenters. The van der Waals surface area contributed by atoms with E-state index in [2.05, 4.69) is 38.2 Å². The lowest BCUT2D eigenvalue weighted by molar-refractivity contribution is 0.0708. The molecule has 0 fully saturated rings. The Morgan fingerprint density at radius 1 is 1.07 bits per heavy atom. The van der Waals surface area contributed by atoms with Crippen LogP contribution in [0.15, 0.2) is 30.3 Å². The second-order valence-electron chi connectivity index (χ2n) is 4.18. The second kappa shape index (κ2) is 5.89. The van der Waals surface area contributed by atoms with Crippen molar-refractivity contribution in [3.05, 3.63) is 35.9 Å². The molecule has 0 saturated carbocycles. The van der Waals surface area contributed by atoms with Gasteiger partial charge in [0.1, 0.15) is 0 Å². The first-order chi connectivity index (χ1) is 7.15. The first-order valence-corrected chi connectivity index (χ1v) is 5.49. The minimum Gasteiger partial charge on any atom is -0.375 e. The number of nitrogens with one attached hydrogen (secondary N) is 1. The third-order valence-electron chi connectivity index (χ3n) is 2.43. The van der Waals surface area contributed by atoms with Gasteiger partial charge in [0, 0.05) is 19.2 Å². The van der Waals surface area contributed by atoms with Gasteiger partial charge in [-0.25, -0.2) is 0 Å². The zero-order chi connectivity index (χ0) is 11.3. The van der Waals surface area contributed by atoms with Crippen molar-refractivity contribution in [1.29, 1.82) is 0 Å². The van der Waals surface area contributed by atoms with Crippen LogP contribution in [-0.4, -0.2) is 19.2 Å². The Kier molecular flexibility index (Phi) is 4.79. The van der Waals surface area contributed by atoms with E-state index in [9.17, 15) is 0 Å². The topological polar surface area (TPSA) is 21.3 Å². The van der Waals surface area contributed by atoms with E-state index in [1.165, 1.54) is 5.56 Å². The van der Waals surface area contributed by atoms with E-state index in [1.54, 1.807) is 7.11 Å². The van der Waals surface area contributed by atoms with Gasteiger partial charge in [0.15, 0.2) is 0 Å². The second-order valence-corrected chi connectivity index (χ2v) is 4.18. The van der Waals surface area contributed by atoms with Crippen LogP contribution in [0.2, 0.25) is 0 Å². The molecule has 0 amide bonds. The molecule has 2 nitrogen and oxygen atoms in total. The van der Waals surface area contributed by atoms with Crippen LogP contribution in [0.3, 0.4) is 0 Å². The Hall–Kier alpha value is -0.860. The van der Waals surface area contributed by atoms with Crippen molar-refractivity contribution in [2.24, 2.45) is 0 Å². The Bertz CT molecular complexity index is 271. The van der Waals surface area contributed by atoms with E-state index in [-0.39, 0.29) is 6.10 Å². The van der Waals surface area contributed by atoms with E-state index in [0.717, 1.165) is 0 Å². The van der Waals surface area contributed by atoms with Crippen molar-refractivity contribution in [2.45, 2.75) is 39.0 Å². The van der Waals surface area contributed by atoms with Gasteiger partial charge in [0.05, 0.1) is 6.10 Å². The van der Waals surface area contributed by atoms with Crippen LogP contribution in [0, 0.1) is 0 Å². The van der Waals surface area contributed by atoms with Gasteiger partial charge >= 0.3 is 0 Å². The summed E-state index contributed by atoms with van der Waals surface area (Å²) in [6.45, 7) is 6.45. The molecule has 84 valence electrons. The summed E-state index contributed by atoms with van der Waals surface area (Å²) in [6, 6.07) is 11.1. The molecule has 1 N–H and O–H groups in total. The maximum atomic E-state index is 5.54. The number of hydrogen-bond acceptors (Lipinski definition) is 2. The summed E-state index contributed by atoms with van der Waals surface area (Å²) >= 11 is 0. The molecule has 0 aliphatic heterocycles. The molecule has 1 aromatic carbocycles. The highest BCUT2D eigenvalue weighted by atomic mass is 16.5. The van der Waals surface area contributed by atoms with Crippen molar-refractivity contribution < 1.29 is 4.74 Å². The van der Waals surface area contributed by atoms with Crippen molar-refractivity contribution in [3.8, 4) is 0 Å². The molecule has 0 aromatic heterocycles. The number of hydrogen-bond donors (Lipinski definition) is 1. The lowest BCUT2D eigenvalue weighted by Crippen LogP contribution is -2.37. The predicted molar refractivity (Wildman–Crippen MR) is 63.9 cm³/mol. The Morgan fingerprint density at radius 3 is 2.13 bits per heavy atom. The van der Waals surface area contributed by atoms with Gasteiger partial charge in [-0.2, -0.15) is 0 Å². The molecule has 2 atom stereocenters. The van der Waals surface area contributed by atoms with Crippen LogP contribution < -0.4 is 5.32 Å². The Balaban J connectivity index is 2.71. The summed E-state index contributed by atoms with van der Waals surface area (Å²) in [5.74, 6) is 0. The first kappa shape index (κ1) is 12.2. The highest BCUT2D eigenvalue weighted by Crippen LogP contribution is 2.20. The summed E-state index contributed by atoms with van der Waals surface area (Å²) in [4.78, 5) is 0. The van der Waals surface area contributed by atoms with Crippen LogP contribution in [0.4, 0.5) is 0 Å². The van der Waals surface area contributed by atoms with E-state index in [4.69, 9.17) is 4.74 Å². The molecule has 2 heteroatoms. The maximum Gasteiger partial charge on any atom is 0.0971 e. The number of benzene rings is 1. The van der Waals surface area contributed by atoms with Crippen LogP contribution >= 0.6 is 0 Å². The quantitative estimate of drug-likeness (QED) is 0.801. The molecule has 0 bridgehead atoms. The van der Waals surface area contributed by atoms with Gasteiger partial charge in [-0.05, 0) is 12.5 Å². The zero-order valence-corrected chi connectivity index (χ0v) is 10.0. The molecular weight excluding hydrogens is 186 g/mol. The summed E-state index contributed by atoms with van der Waals surface area (Å²) < 4.78 is 5.54. The average Bonchev–Trinajstić information content (AvgIpc) is 2.19. The number of rotatable bonds is 5. The molecule has 0 aliphatic carbocycles. The zero-order valence-electron chi connectivity index (χ0n) is 10.0. The van der Waals surface area contributed by atoms with Crippen molar-refractivity contribution in [3.63, 3.8) is 0 Å². The summed E-state index contributed by atoms with van der Waals surface area (Å²) in [6.07, 6.45) is 0.119. The van der Waals surface area contributed by atoms with E-state index in [0.29, 0.717) is 12.1 Å². The Labute approximate surface area is 92.6 Å². The fraction of sp³-hybridized carbons (Fsp3) is 0.538. The largest absolute Gasteiger partial charge is 0.375 e. The minimum absolute atomic E-state index is 0.119. The van der Waals surface area contributed by atoms with E-state index in [1.807, 2.05) is 18.2 Å². The van der Waals surface area contributed by atoms with Gasteiger partial charge in [0.2, 0.25) is 0 Å². The third kappa shape index (κ3) is 3.65. The molecule has 0 spiro atoms. The van der Waals surface area contributed by atoms with Crippen LogP contribution in [0.1, 0.15) is 32.4 Å². The molecule has 0 radical (unpaired) electrons. The smallest absolute Gasteiger partial charge is 0.0971 e. The van der Waals surface area contributed by atoms with Crippen LogP contribution in [-0.2, 0) is 4.74 Å².